The Labute approximate surface area is 247 Å². The standard InChI is InChI=1S/C30H28ClFN6O3S/c1-36-17-28(34-18-36)42(40,41)38(24-8-9-24)25-5-2-20-12-27-19(16-35-37(27)23-6-3-22(32)4-7-23)14-30(20,15-25)29(39)26-13-21(31)10-11-33-26/h3-4,6-7,10-13,16-18,24-25H,2,5,8-9,14-15H2,1H3/t25-,30-/m0/s1. The fraction of sp³-hybridized carbons (Fsp3) is 0.333. The Bertz CT molecular complexity index is 1850. The molecule has 0 aliphatic heterocycles. The van der Waals surface area contributed by atoms with Crippen LogP contribution in [0.25, 0.3) is 11.8 Å². The van der Waals surface area contributed by atoms with E-state index in [1.165, 1.54) is 30.9 Å². The average Bonchev–Trinajstić information content (AvgIpc) is 3.55. The highest BCUT2D eigenvalue weighted by Gasteiger charge is 2.54. The number of carbonyl (C=O) groups is 1. The van der Waals surface area contributed by atoms with E-state index in [-0.39, 0.29) is 28.4 Å². The number of fused-ring (bicyclic) bond motifs is 2. The number of pyridine rings is 1. The van der Waals surface area contributed by atoms with E-state index >= 15 is 0 Å². The Balaban J connectivity index is 1.32. The van der Waals surface area contributed by atoms with Crippen molar-refractivity contribution in [3.63, 3.8) is 0 Å². The number of aryl methyl sites for hydroxylation is 1. The third-order valence-electron chi connectivity index (χ3n) is 8.59. The predicted octanol–water partition coefficient (Wildman–Crippen LogP) is 5.01. The smallest absolute Gasteiger partial charge is 0.262 e. The zero-order chi connectivity index (χ0) is 29.2. The molecule has 42 heavy (non-hydrogen) atoms. The summed E-state index contributed by atoms with van der Waals surface area (Å²) in [5, 5.41) is 5.01. The van der Waals surface area contributed by atoms with E-state index in [1.807, 2.05) is 6.08 Å². The van der Waals surface area contributed by atoms with Gasteiger partial charge in [-0.1, -0.05) is 17.2 Å². The number of nitrogens with zero attached hydrogens (tertiary/aromatic N) is 6. The molecule has 2 atom stereocenters. The minimum atomic E-state index is -3.89. The summed E-state index contributed by atoms with van der Waals surface area (Å²) in [6.07, 6.45) is 11.5. The summed E-state index contributed by atoms with van der Waals surface area (Å²) in [6, 6.07) is 8.77. The number of sulfonamides is 1. The third-order valence-corrected chi connectivity index (χ3v) is 10.7. The number of imidazole rings is 1. The van der Waals surface area contributed by atoms with Gasteiger partial charge in [0.2, 0.25) is 0 Å². The van der Waals surface area contributed by atoms with Crippen molar-refractivity contribution in [2.45, 2.75) is 55.6 Å². The van der Waals surface area contributed by atoms with Crippen LogP contribution in [0.4, 0.5) is 4.39 Å². The van der Waals surface area contributed by atoms with Crippen molar-refractivity contribution in [1.29, 1.82) is 0 Å². The minimum absolute atomic E-state index is 0.0154. The number of hydrogen-bond acceptors (Lipinski definition) is 6. The monoisotopic (exact) mass is 606 g/mol. The number of aromatic nitrogens is 5. The summed E-state index contributed by atoms with van der Waals surface area (Å²) in [6.45, 7) is 0. The molecule has 9 nitrogen and oxygen atoms in total. The van der Waals surface area contributed by atoms with Gasteiger partial charge in [0.05, 0.1) is 29.3 Å². The molecule has 1 aromatic carbocycles. The highest BCUT2D eigenvalue weighted by Crippen LogP contribution is 2.52. The van der Waals surface area contributed by atoms with Crippen molar-refractivity contribution >= 4 is 33.5 Å². The van der Waals surface area contributed by atoms with Crippen molar-refractivity contribution < 1.29 is 17.6 Å². The molecule has 0 amide bonds. The minimum Gasteiger partial charge on any atom is -0.339 e. The summed E-state index contributed by atoms with van der Waals surface area (Å²) < 4.78 is 46.5. The number of hydrogen-bond donors (Lipinski definition) is 0. The molecule has 0 bridgehead atoms. The fourth-order valence-corrected chi connectivity index (χ4v) is 8.54. The van der Waals surface area contributed by atoms with Gasteiger partial charge in [-0.15, -0.1) is 0 Å². The second kappa shape index (κ2) is 9.96. The van der Waals surface area contributed by atoms with Crippen molar-refractivity contribution in [3.05, 3.63) is 94.7 Å². The zero-order valence-electron chi connectivity index (χ0n) is 22.8. The molecule has 3 heterocycles. The molecule has 0 unspecified atom stereocenters. The Morgan fingerprint density at radius 1 is 1.12 bits per heavy atom. The zero-order valence-corrected chi connectivity index (χ0v) is 24.4. The summed E-state index contributed by atoms with van der Waals surface area (Å²) in [4.78, 5) is 23.0. The lowest BCUT2D eigenvalue weighted by atomic mass is 9.60. The second-order valence-electron chi connectivity index (χ2n) is 11.4. The maximum absolute atomic E-state index is 14.5. The van der Waals surface area contributed by atoms with Crippen LogP contribution >= 0.6 is 11.6 Å². The first kappa shape index (κ1) is 27.2. The van der Waals surface area contributed by atoms with Gasteiger partial charge >= 0.3 is 0 Å². The molecule has 2 saturated carbocycles. The molecule has 216 valence electrons. The highest BCUT2D eigenvalue weighted by molar-refractivity contribution is 7.89. The molecule has 0 N–H and O–H groups in total. The number of ketones is 1. The molecule has 7 rings (SSSR count). The van der Waals surface area contributed by atoms with Gasteiger partial charge in [0.25, 0.3) is 10.0 Å². The van der Waals surface area contributed by atoms with Crippen molar-refractivity contribution in [2.75, 3.05) is 0 Å². The van der Waals surface area contributed by atoms with Gasteiger partial charge in [0.15, 0.2) is 10.8 Å². The summed E-state index contributed by atoms with van der Waals surface area (Å²) in [7, 11) is -2.15. The molecular weight excluding hydrogens is 579 g/mol. The molecule has 0 saturated heterocycles. The van der Waals surface area contributed by atoms with Gasteiger partial charge in [-0.05, 0) is 86.6 Å². The van der Waals surface area contributed by atoms with Crippen LogP contribution in [-0.2, 0) is 23.5 Å². The normalized spacial score (nSPS) is 22.0. The number of allylic oxidation sites excluding steroid dienone is 1. The van der Waals surface area contributed by atoms with Crippen molar-refractivity contribution in [3.8, 4) is 5.69 Å². The molecule has 12 heteroatoms. The molecule has 3 aliphatic rings. The Hall–Kier alpha value is -3.67. The van der Waals surface area contributed by atoms with Gasteiger partial charge < -0.3 is 4.57 Å². The van der Waals surface area contributed by atoms with E-state index in [1.54, 1.807) is 51.1 Å². The maximum Gasteiger partial charge on any atom is 0.262 e. The van der Waals surface area contributed by atoms with Crippen molar-refractivity contribution in [2.24, 2.45) is 12.5 Å². The molecule has 3 aromatic heterocycles. The first-order chi connectivity index (χ1) is 20.2. The lowest BCUT2D eigenvalue weighted by Gasteiger charge is -2.46. The van der Waals surface area contributed by atoms with E-state index in [4.69, 9.17) is 11.6 Å². The van der Waals surface area contributed by atoms with Crippen LogP contribution in [0.15, 0.2) is 71.9 Å². The SMILES string of the molecule is Cn1cnc(S(=O)(=O)N(C2CC2)[C@H]2CCC3=Cc4c(cnn4-c4ccc(F)cc4)C[C@]3(C(=O)c3cc(Cl)ccn3)C2)c1. The first-order valence-electron chi connectivity index (χ1n) is 13.9. The van der Waals surface area contributed by atoms with Gasteiger partial charge in [-0.3, -0.25) is 9.78 Å². The number of rotatable bonds is 7. The van der Waals surface area contributed by atoms with Gasteiger partial charge in [-0.2, -0.15) is 9.40 Å². The molecule has 4 aromatic rings. The van der Waals surface area contributed by atoms with E-state index in [0.29, 0.717) is 36.4 Å². The van der Waals surface area contributed by atoms with E-state index in [0.717, 1.165) is 29.7 Å². The highest BCUT2D eigenvalue weighted by atomic mass is 35.5. The molecule has 3 aliphatic carbocycles. The van der Waals surface area contributed by atoms with Crippen LogP contribution in [0.3, 0.4) is 0 Å². The molecule has 0 spiro atoms. The largest absolute Gasteiger partial charge is 0.339 e. The third kappa shape index (κ3) is 4.50. The lowest BCUT2D eigenvalue weighted by Crippen LogP contribution is -2.51. The van der Waals surface area contributed by atoms with Crippen LogP contribution in [0.2, 0.25) is 5.02 Å². The van der Waals surface area contributed by atoms with Gasteiger partial charge in [0, 0.05) is 36.5 Å². The summed E-state index contributed by atoms with van der Waals surface area (Å²) >= 11 is 6.28. The van der Waals surface area contributed by atoms with E-state index in [9.17, 15) is 17.6 Å². The number of carbonyl (C=O) groups excluding carboxylic acids is 1. The number of halogens is 2. The van der Waals surface area contributed by atoms with Crippen LogP contribution < -0.4 is 0 Å². The second-order valence-corrected chi connectivity index (χ2v) is 13.6. The molecule has 2 fully saturated rings. The van der Waals surface area contributed by atoms with Gasteiger partial charge in [-0.25, -0.2) is 22.5 Å². The topological polar surface area (TPSA) is 103 Å². The van der Waals surface area contributed by atoms with Crippen molar-refractivity contribution in [1.82, 2.24) is 28.6 Å². The maximum atomic E-state index is 14.5. The van der Waals surface area contributed by atoms with Crippen LogP contribution in [0.5, 0.6) is 0 Å². The van der Waals surface area contributed by atoms with E-state index < -0.39 is 21.5 Å². The quantitative estimate of drug-likeness (QED) is 0.274. The molecule has 0 radical (unpaired) electrons. The number of Topliss-reactive ketones (excluding diaryl/α,β-unsaturated/α-hetero) is 1. The lowest BCUT2D eigenvalue weighted by molar-refractivity contribution is 0.0733. The van der Waals surface area contributed by atoms with Gasteiger partial charge in [0.1, 0.15) is 11.5 Å². The fourth-order valence-electron chi connectivity index (χ4n) is 6.51. The molecular formula is C30H28ClFN6O3S. The number of benzene rings is 1. The summed E-state index contributed by atoms with van der Waals surface area (Å²) in [5.74, 6) is -0.525. The van der Waals surface area contributed by atoms with Crippen LogP contribution in [0, 0.1) is 11.2 Å². The predicted molar refractivity (Wildman–Crippen MR) is 154 cm³/mol. The first-order valence-corrected chi connectivity index (χ1v) is 15.7. The Kier molecular flexibility index (Phi) is 6.45. The average molecular weight is 607 g/mol. The van der Waals surface area contributed by atoms with Crippen LogP contribution in [0.1, 0.15) is 53.8 Å². The Morgan fingerprint density at radius 2 is 1.90 bits per heavy atom. The summed E-state index contributed by atoms with van der Waals surface area (Å²) in [5.41, 5.74) is 2.51. The van der Waals surface area contributed by atoms with E-state index in [2.05, 4.69) is 15.1 Å². The van der Waals surface area contributed by atoms with Crippen LogP contribution in [-0.4, -0.2) is 54.9 Å². The Morgan fingerprint density at radius 3 is 2.60 bits per heavy atom.